The van der Waals surface area contributed by atoms with Crippen molar-refractivity contribution >= 4 is 17.8 Å². The molecule has 3 rings (SSSR count). The van der Waals surface area contributed by atoms with Crippen molar-refractivity contribution in [2.45, 2.75) is 111 Å². The fourth-order valence-corrected chi connectivity index (χ4v) is 5.26. The number of nitrogens with zero attached hydrogens (tertiary/aromatic N) is 1. The van der Waals surface area contributed by atoms with Crippen LogP contribution in [0.1, 0.15) is 84.9 Å². The topological polar surface area (TPSA) is 109 Å². The Morgan fingerprint density at radius 1 is 1.19 bits per heavy atom. The number of carbonyl (C=O) groups is 2. The lowest BCUT2D eigenvalue weighted by Gasteiger charge is -2.34. The molecule has 2 N–H and O–H groups in total. The van der Waals surface area contributed by atoms with Crippen molar-refractivity contribution in [3.05, 3.63) is 35.2 Å². The van der Waals surface area contributed by atoms with E-state index in [9.17, 15) is 19.8 Å². The number of cyclic esters (lactones) is 1. The summed E-state index contributed by atoms with van der Waals surface area (Å²) in [5.41, 5.74) is 1.19. The van der Waals surface area contributed by atoms with E-state index in [1.165, 1.54) is 0 Å². The van der Waals surface area contributed by atoms with Gasteiger partial charge in [0.1, 0.15) is 11.9 Å². The molecule has 36 heavy (non-hydrogen) atoms. The van der Waals surface area contributed by atoms with Crippen LogP contribution in [0, 0.1) is 24.2 Å². The van der Waals surface area contributed by atoms with Gasteiger partial charge in [-0.1, -0.05) is 34.1 Å². The van der Waals surface area contributed by atoms with E-state index in [1.807, 2.05) is 39.0 Å². The maximum absolute atomic E-state index is 13.2. The molecule has 0 spiro atoms. The van der Waals surface area contributed by atoms with Gasteiger partial charge in [0, 0.05) is 18.5 Å². The Hall–Kier alpha value is -2.09. The van der Waals surface area contributed by atoms with Crippen LogP contribution in [0.2, 0.25) is 0 Å². The molecular formula is C29H43NO6. The van der Waals surface area contributed by atoms with Gasteiger partial charge in [-0.25, -0.2) is 0 Å². The number of aliphatic hydroxyl groups excluding tert-OH is 2. The van der Waals surface area contributed by atoms with Crippen molar-refractivity contribution in [2.75, 3.05) is 0 Å². The summed E-state index contributed by atoms with van der Waals surface area (Å²) in [6.07, 6.45) is 3.65. The Morgan fingerprint density at radius 2 is 1.89 bits per heavy atom. The Bertz CT molecular complexity index is 988. The first-order valence-electron chi connectivity index (χ1n) is 13.1. The lowest BCUT2D eigenvalue weighted by atomic mass is 9.73. The molecular weight excluding hydrogens is 458 g/mol. The van der Waals surface area contributed by atoms with Gasteiger partial charge in [-0.2, -0.15) is 0 Å². The number of aromatic nitrogens is 1. The molecule has 200 valence electrons. The summed E-state index contributed by atoms with van der Waals surface area (Å²) in [6.45, 7) is 12.9. The van der Waals surface area contributed by atoms with E-state index in [4.69, 9.17) is 9.47 Å². The SMILES string of the molecule is C/C(=C\c1cc(C)ccn1)[C@@H]1C[C@@H]2O[C@]2(C)CCC[C@H](C)[C@H](O)[C@@H](C)C(=O)C(C)(C)[C@@H](O)CC(=O)O1. The zero-order valence-corrected chi connectivity index (χ0v) is 22.8. The van der Waals surface area contributed by atoms with Gasteiger partial charge in [-0.05, 0) is 68.9 Å². The molecule has 1 aromatic heterocycles. The highest BCUT2D eigenvalue weighted by Gasteiger charge is 2.53. The van der Waals surface area contributed by atoms with Crippen LogP contribution in [0.15, 0.2) is 23.9 Å². The molecule has 7 heteroatoms. The third kappa shape index (κ3) is 6.61. The van der Waals surface area contributed by atoms with Crippen molar-refractivity contribution in [1.82, 2.24) is 4.98 Å². The van der Waals surface area contributed by atoms with Gasteiger partial charge in [-0.15, -0.1) is 0 Å². The number of aliphatic hydroxyl groups is 2. The van der Waals surface area contributed by atoms with Crippen LogP contribution in [0.5, 0.6) is 0 Å². The highest BCUT2D eigenvalue weighted by molar-refractivity contribution is 5.88. The molecule has 2 aliphatic heterocycles. The van der Waals surface area contributed by atoms with E-state index in [0.29, 0.717) is 6.42 Å². The van der Waals surface area contributed by atoms with Gasteiger partial charge < -0.3 is 19.7 Å². The summed E-state index contributed by atoms with van der Waals surface area (Å²) in [4.78, 5) is 30.6. The van der Waals surface area contributed by atoms with E-state index in [2.05, 4.69) is 11.9 Å². The number of hydrogen-bond acceptors (Lipinski definition) is 7. The van der Waals surface area contributed by atoms with Gasteiger partial charge in [0.25, 0.3) is 0 Å². The third-order valence-electron chi connectivity index (χ3n) is 8.23. The Kier molecular flexibility index (Phi) is 8.79. The van der Waals surface area contributed by atoms with E-state index >= 15 is 0 Å². The number of ether oxygens (including phenoxy) is 2. The van der Waals surface area contributed by atoms with Crippen molar-refractivity contribution in [2.24, 2.45) is 17.3 Å². The summed E-state index contributed by atoms with van der Waals surface area (Å²) in [5, 5.41) is 21.7. The largest absolute Gasteiger partial charge is 0.458 e. The van der Waals surface area contributed by atoms with E-state index < -0.39 is 35.6 Å². The third-order valence-corrected chi connectivity index (χ3v) is 8.23. The van der Waals surface area contributed by atoms with Crippen LogP contribution in [0.25, 0.3) is 6.08 Å². The number of aryl methyl sites for hydroxylation is 1. The number of hydrogen-bond donors (Lipinski definition) is 2. The summed E-state index contributed by atoms with van der Waals surface area (Å²) in [5.74, 6) is -1.57. The molecule has 0 radical (unpaired) electrons. The minimum absolute atomic E-state index is 0.0564. The molecule has 2 saturated heterocycles. The second kappa shape index (κ2) is 11.1. The number of carbonyl (C=O) groups excluding carboxylic acids is 2. The average molecular weight is 502 g/mol. The minimum Gasteiger partial charge on any atom is -0.458 e. The van der Waals surface area contributed by atoms with Crippen molar-refractivity contribution in [3.8, 4) is 0 Å². The first-order chi connectivity index (χ1) is 16.7. The Labute approximate surface area is 215 Å². The van der Waals surface area contributed by atoms with Gasteiger partial charge in [0.05, 0.1) is 41.4 Å². The van der Waals surface area contributed by atoms with Crippen LogP contribution in [-0.4, -0.2) is 57.0 Å². The number of pyridine rings is 1. The first-order valence-corrected chi connectivity index (χ1v) is 13.1. The lowest BCUT2D eigenvalue weighted by Crippen LogP contribution is -2.45. The lowest BCUT2D eigenvalue weighted by molar-refractivity contribution is -0.154. The van der Waals surface area contributed by atoms with E-state index in [0.717, 1.165) is 36.1 Å². The molecule has 0 aliphatic carbocycles. The van der Waals surface area contributed by atoms with Crippen molar-refractivity contribution in [1.29, 1.82) is 0 Å². The van der Waals surface area contributed by atoms with Gasteiger partial charge in [-0.3, -0.25) is 14.6 Å². The van der Waals surface area contributed by atoms with E-state index in [1.54, 1.807) is 27.0 Å². The highest BCUT2D eigenvalue weighted by Crippen LogP contribution is 2.45. The summed E-state index contributed by atoms with van der Waals surface area (Å²) in [6, 6.07) is 3.89. The number of ketones is 1. The van der Waals surface area contributed by atoms with Gasteiger partial charge >= 0.3 is 5.97 Å². The smallest absolute Gasteiger partial charge is 0.309 e. The first kappa shape index (κ1) is 28.5. The maximum atomic E-state index is 13.2. The van der Waals surface area contributed by atoms with E-state index in [-0.39, 0.29) is 29.8 Å². The van der Waals surface area contributed by atoms with Gasteiger partial charge in [0.15, 0.2) is 0 Å². The predicted molar refractivity (Wildman–Crippen MR) is 138 cm³/mol. The highest BCUT2D eigenvalue weighted by atomic mass is 16.6. The molecule has 7 nitrogen and oxygen atoms in total. The Morgan fingerprint density at radius 3 is 2.56 bits per heavy atom. The molecule has 2 aliphatic rings. The molecule has 2 fully saturated rings. The predicted octanol–water partition coefficient (Wildman–Crippen LogP) is 4.42. The molecule has 0 aromatic carbocycles. The van der Waals surface area contributed by atoms with Crippen molar-refractivity contribution in [3.63, 3.8) is 0 Å². The van der Waals surface area contributed by atoms with Crippen molar-refractivity contribution < 1.29 is 29.3 Å². The van der Waals surface area contributed by atoms with Gasteiger partial charge in [0.2, 0.25) is 0 Å². The monoisotopic (exact) mass is 501 g/mol. The number of esters is 1. The molecule has 0 bridgehead atoms. The minimum atomic E-state index is -1.24. The van der Waals surface area contributed by atoms with Crippen LogP contribution >= 0.6 is 0 Å². The standard InChI is InChI=1S/C29H43NO6/c1-17-10-12-30-21(13-17)14-19(3)22-15-24-29(7,36-24)11-8-9-18(2)26(33)20(4)27(34)28(5,6)23(31)16-25(32)35-22/h10,12-14,18,20,22-24,26,31,33H,8-9,11,15-16H2,1-7H3/b19-14+/t18-,20+,22-,23-,24-,26-,29+/m0/s1. The average Bonchev–Trinajstić information content (AvgIpc) is 3.44. The molecule has 0 unspecified atom stereocenters. The zero-order chi connectivity index (χ0) is 26.8. The molecule has 0 amide bonds. The number of rotatable bonds is 2. The second-order valence-electron chi connectivity index (χ2n) is 11.7. The summed E-state index contributed by atoms with van der Waals surface area (Å²) in [7, 11) is 0. The maximum Gasteiger partial charge on any atom is 0.309 e. The number of epoxide rings is 1. The van der Waals surface area contributed by atoms with Crippen LogP contribution in [0.3, 0.4) is 0 Å². The Balaban J connectivity index is 1.87. The fraction of sp³-hybridized carbons (Fsp3) is 0.690. The summed E-state index contributed by atoms with van der Waals surface area (Å²) < 4.78 is 12.0. The quantitative estimate of drug-likeness (QED) is 0.456. The fourth-order valence-electron chi connectivity index (χ4n) is 5.26. The molecule has 7 atom stereocenters. The normalized spacial score (nSPS) is 36.6. The van der Waals surface area contributed by atoms with Crippen LogP contribution in [0.4, 0.5) is 0 Å². The molecule has 0 saturated carbocycles. The number of fused-ring (bicyclic) bond motifs is 1. The molecule has 3 heterocycles. The van der Waals surface area contributed by atoms with Crippen LogP contribution in [-0.2, 0) is 19.1 Å². The van der Waals surface area contributed by atoms with Crippen LogP contribution < -0.4 is 0 Å². The zero-order valence-electron chi connectivity index (χ0n) is 22.8. The number of Topliss-reactive ketones (excluding diaryl/α,β-unsaturated/α-hetero) is 1. The molecule has 1 aromatic rings. The second-order valence-corrected chi connectivity index (χ2v) is 11.7. The summed E-state index contributed by atoms with van der Waals surface area (Å²) >= 11 is 0.